The number of hydrogen-bond acceptors (Lipinski definition) is 2. The van der Waals surface area contributed by atoms with E-state index in [1.165, 1.54) is 6.42 Å². The van der Waals surface area contributed by atoms with Gasteiger partial charge in [0.25, 0.3) is 0 Å². The lowest BCUT2D eigenvalue weighted by atomic mass is 10.1. The zero-order chi connectivity index (χ0) is 11.1. The maximum absolute atomic E-state index is 5.22. The molecule has 0 unspecified atom stereocenters. The predicted octanol–water partition coefficient (Wildman–Crippen LogP) is 3.52. The minimum Gasteiger partial charge on any atom is -0.493 e. The Kier molecular flexibility index (Phi) is 4.75. The molecule has 2 nitrogen and oxygen atoms in total. The summed E-state index contributed by atoms with van der Waals surface area (Å²) >= 11 is 0. The highest BCUT2D eigenvalue weighted by Gasteiger charge is 2.01. The SMILES string of the molecule is CCC/C=C/c1ccc(OC)c(OC)c1. The fraction of sp³-hybridized carbons (Fsp3) is 0.385. The number of allylic oxidation sites excluding steroid dienone is 1. The van der Waals surface area contributed by atoms with Crippen LogP contribution in [0, 0.1) is 0 Å². The van der Waals surface area contributed by atoms with E-state index in [1.807, 2.05) is 18.2 Å². The quantitative estimate of drug-likeness (QED) is 0.734. The molecule has 2 heteroatoms. The topological polar surface area (TPSA) is 18.5 Å². The number of ether oxygens (including phenoxy) is 2. The second kappa shape index (κ2) is 6.12. The van der Waals surface area contributed by atoms with Gasteiger partial charge in [-0.15, -0.1) is 0 Å². The van der Waals surface area contributed by atoms with Gasteiger partial charge < -0.3 is 9.47 Å². The van der Waals surface area contributed by atoms with Gasteiger partial charge in [0.1, 0.15) is 0 Å². The Morgan fingerprint density at radius 2 is 1.87 bits per heavy atom. The van der Waals surface area contributed by atoms with Crippen molar-refractivity contribution < 1.29 is 9.47 Å². The molecule has 0 atom stereocenters. The zero-order valence-electron chi connectivity index (χ0n) is 9.62. The van der Waals surface area contributed by atoms with Gasteiger partial charge in [-0.3, -0.25) is 0 Å². The van der Waals surface area contributed by atoms with Gasteiger partial charge in [0.2, 0.25) is 0 Å². The van der Waals surface area contributed by atoms with Crippen molar-refractivity contribution in [1.82, 2.24) is 0 Å². The average Bonchev–Trinajstić information content (AvgIpc) is 2.29. The Morgan fingerprint density at radius 3 is 2.47 bits per heavy atom. The highest BCUT2D eigenvalue weighted by atomic mass is 16.5. The Morgan fingerprint density at radius 1 is 1.13 bits per heavy atom. The van der Waals surface area contributed by atoms with Gasteiger partial charge in [-0.1, -0.05) is 31.6 Å². The third-order valence-electron chi connectivity index (χ3n) is 2.17. The third kappa shape index (κ3) is 3.31. The predicted molar refractivity (Wildman–Crippen MR) is 63.5 cm³/mol. The molecule has 0 saturated heterocycles. The summed E-state index contributed by atoms with van der Waals surface area (Å²) in [6, 6.07) is 5.92. The normalized spacial score (nSPS) is 10.6. The molecule has 0 fully saturated rings. The number of hydrogen-bond donors (Lipinski definition) is 0. The summed E-state index contributed by atoms with van der Waals surface area (Å²) in [4.78, 5) is 0. The van der Waals surface area contributed by atoms with Gasteiger partial charge in [0, 0.05) is 0 Å². The highest BCUT2D eigenvalue weighted by molar-refractivity contribution is 5.55. The first-order valence-corrected chi connectivity index (χ1v) is 5.20. The molecule has 0 aliphatic carbocycles. The molecule has 1 aromatic carbocycles. The van der Waals surface area contributed by atoms with Crippen LogP contribution in [0.5, 0.6) is 11.5 Å². The fourth-order valence-electron chi connectivity index (χ4n) is 1.34. The molecular formula is C13H18O2. The van der Waals surface area contributed by atoms with Crippen LogP contribution in [-0.4, -0.2) is 14.2 Å². The van der Waals surface area contributed by atoms with E-state index in [0.29, 0.717) is 0 Å². The van der Waals surface area contributed by atoms with Crippen molar-refractivity contribution in [2.24, 2.45) is 0 Å². The molecule has 1 aromatic rings. The van der Waals surface area contributed by atoms with Crippen molar-refractivity contribution in [3.05, 3.63) is 29.8 Å². The van der Waals surface area contributed by atoms with Crippen LogP contribution in [-0.2, 0) is 0 Å². The minimum atomic E-state index is 0.769. The first kappa shape index (κ1) is 11.6. The number of methoxy groups -OCH3 is 2. The van der Waals surface area contributed by atoms with E-state index in [2.05, 4.69) is 19.1 Å². The van der Waals surface area contributed by atoms with Crippen LogP contribution in [0.4, 0.5) is 0 Å². The summed E-state index contributed by atoms with van der Waals surface area (Å²) in [6.07, 6.45) is 6.55. The molecule has 0 radical (unpaired) electrons. The molecule has 0 aliphatic heterocycles. The van der Waals surface area contributed by atoms with Crippen LogP contribution < -0.4 is 9.47 Å². The van der Waals surface area contributed by atoms with E-state index in [9.17, 15) is 0 Å². The molecule has 0 aliphatic rings. The van der Waals surface area contributed by atoms with Gasteiger partial charge in [-0.2, -0.15) is 0 Å². The molecule has 0 saturated carbocycles. The Hall–Kier alpha value is -1.44. The molecular weight excluding hydrogens is 188 g/mol. The van der Waals surface area contributed by atoms with Crippen molar-refractivity contribution in [3.8, 4) is 11.5 Å². The van der Waals surface area contributed by atoms with E-state index in [1.54, 1.807) is 14.2 Å². The Balaban J connectivity index is 2.83. The van der Waals surface area contributed by atoms with Crippen LogP contribution >= 0.6 is 0 Å². The summed E-state index contributed by atoms with van der Waals surface area (Å²) < 4.78 is 10.4. The number of benzene rings is 1. The molecule has 82 valence electrons. The molecule has 1 rings (SSSR count). The van der Waals surface area contributed by atoms with Crippen molar-refractivity contribution in [2.45, 2.75) is 19.8 Å². The molecule has 15 heavy (non-hydrogen) atoms. The molecule has 0 spiro atoms. The zero-order valence-corrected chi connectivity index (χ0v) is 9.62. The second-order valence-electron chi connectivity index (χ2n) is 3.31. The second-order valence-corrected chi connectivity index (χ2v) is 3.31. The fourth-order valence-corrected chi connectivity index (χ4v) is 1.34. The Bertz CT molecular complexity index is 329. The highest BCUT2D eigenvalue weighted by Crippen LogP contribution is 2.27. The van der Waals surface area contributed by atoms with E-state index < -0.39 is 0 Å². The summed E-state index contributed by atoms with van der Waals surface area (Å²) in [5.41, 5.74) is 1.14. The number of rotatable bonds is 5. The lowest BCUT2D eigenvalue weighted by molar-refractivity contribution is 0.355. The summed E-state index contributed by atoms with van der Waals surface area (Å²) in [6.45, 7) is 2.17. The van der Waals surface area contributed by atoms with Gasteiger partial charge in [-0.25, -0.2) is 0 Å². The molecule has 0 heterocycles. The smallest absolute Gasteiger partial charge is 0.161 e. The standard InChI is InChI=1S/C13H18O2/c1-4-5-6-7-11-8-9-12(14-2)13(10-11)15-3/h6-10H,4-5H2,1-3H3/b7-6+. The summed E-state index contributed by atoms with van der Waals surface area (Å²) in [5.74, 6) is 1.54. The monoisotopic (exact) mass is 206 g/mol. The number of unbranched alkanes of at least 4 members (excludes halogenated alkanes) is 1. The minimum absolute atomic E-state index is 0.769. The van der Waals surface area contributed by atoms with Gasteiger partial charge in [0.15, 0.2) is 11.5 Å². The van der Waals surface area contributed by atoms with Crippen LogP contribution in [0.1, 0.15) is 25.3 Å². The van der Waals surface area contributed by atoms with Crippen molar-refractivity contribution in [2.75, 3.05) is 14.2 Å². The van der Waals surface area contributed by atoms with Gasteiger partial charge in [0.05, 0.1) is 14.2 Å². The van der Waals surface area contributed by atoms with E-state index in [4.69, 9.17) is 9.47 Å². The van der Waals surface area contributed by atoms with E-state index in [-0.39, 0.29) is 0 Å². The molecule has 0 aromatic heterocycles. The largest absolute Gasteiger partial charge is 0.493 e. The van der Waals surface area contributed by atoms with Crippen molar-refractivity contribution >= 4 is 6.08 Å². The maximum Gasteiger partial charge on any atom is 0.161 e. The molecule has 0 amide bonds. The average molecular weight is 206 g/mol. The van der Waals surface area contributed by atoms with Crippen LogP contribution in [0.3, 0.4) is 0 Å². The van der Waals surface area contributed by atoms with E-state index >= 15 is 0 Å². The van der Waals surface area contributed by atoms with Crippen molar-refractivity contribution in [3.63, 3.8) is 0 Å². The van der Waals surface area contributed by atoms with Crippen LogP contribution in [0.2, 0.25) is 0 Å². The first-order valence-electron chi connectivity index (χ1n) is 5.20. The van der Waals surface area contributed by atoms with Crippen molar-refractivity contribution in [1.29, 1.82) is 0 Å². The van der Waals surface area contributed by atoms with Gasteiger partial charge in [-0.05, 0) is 24.1 Å². The van der Waals surface area contributed by atoms with E-state index in [0.717, 1.165) is 23.5 Å². The van der Waals surface area contributed by atoms with Gasteiger partial charge >= 0.3 is 0 Å². The third-order valence-corrected chi connectivity index (χ3v) is 2.17. The lowest BCUT2D eigenvalue weighted by Crippen LogP contribution is -1.90. The molecule has 0 bridgehead atoms. The van der Waals surface area contributed by atoms with Crippen LogP contribution in [0.25, 0.3) is 6.08 Å². The summed E-state index contributed by atoms with van der Waals surface area (Å²) in [7, 11) is 3.29. The summed E-state index contributed by atoms with van der Waals surface area (Å²) in [5, 5.41) is 0. The Labute approximate surface area is 91.5 Å². The first-order chi connectivity index (χ1) is 7.31. The lowest BCUT2D eigenvalue weighted by Gasteiger charge is -2.07. The maximum atomic E-state index is 5.22. The molecule has 0 N–H and O–H groups in total. The van der Waals surface area contributed by atoms with Crippen LogP contribution in [0.15, 0.2) is 24.3 Å².